The number of hydrogen-bond acceptors (Lipinski definition) is 5. The van der Waals surface area contributed by atoms with E-state index in [9.17, 15) is 21.6 Å². The standard InChI is InChI=1S/C14H14F3NO3S2/c1-21-6-7-23(19,20)9-12-8-22-13(18-12)10-2-4-11(5-3-10)14(15,16)17/h2-5,8H,6-7,9H2,1H3. The molecule has 0 fully saturated rings. The van der Waals surface area contributed by atoms with Crippen LogP contribution in [0.25, 0.3) is 10.6 Å². The van der Waals surface area contributed by atoms with Crippen molar-refractivity contribution in [1.82, 2.24) is 4.98 Å². The topological polar surface area (TPSA) is 56.3 Å². The lowest BCUT2D eigenvalue weighted by atomic mass is 10.1. The lowest BCUT2D eigenvalue weighted by Crippen LogP contribution is -2.13. The minimum Gasteiger partial charge on any atom is -0.384 e. The summed E-state index contributed by atoms with van der Waals surface area (Å²) in [5.74, 6) is -0.315. The van der Waals surface area contributed by atoms with Gasteiger partial charge in [0.2, 0.25) is 0 Å². The Morgan fingerprint density at radius 1 is 1.22 bits per heavy atom. The number of hydrogen-bond donors (Lipinski definition) is 0. The van der Waals surface area contributed by atoms with Crippen molar-refractivity contribution >= 4 is 21.2 Å². The molecule has 126 valence electrons. The first-order chi connectivity index (χ1) is 10.7. The second-order valence-electron chi connectivity index (χ2n) is 4.80. The maximum Gasteiger partial charge on any atom is 0.416 e. The number of halogens is 3. The van der Waals surface area contributed by atoms with Gasteiger partial charge in [-0.3, -0.25) is 0 Å². The Morgan fingerprint density at radius 2 is 1.87 bits per heavy atom. The van der Waals surface area contributed by atoms with E-state index in [2.05, 4.69) is 4.98 Å². The SMILES string of the molecule is COCCS(=O)(=O)Cc1csc(-c2ccc(C(F)(F)F)cc2)n1. The maximum atomic E-state index is 12.5. The van der Waals surface area contributed by atoms with Gasteiger partial charge in [0.05, 0.1) is 29.4 Å². The highest BCUT2D eigenvalue weighted by atomic mass is 32.2. The number of aromatic nitrogens is 1. The van der Waals surface area contributed by atoms with Crippen molar-refractivity contribution in [3.05, 3.63) is 40.9 Å². The molecule has 1 aromatic heterocycles. The molecule has 0 bridgehead atoms. The summed E-state index contributed by atoms with van der Waals surface area (Å²) in [5.41, 5.74) is 0.157. The van der Waals surface area contributed by atoms with E-state index < -0.39 is 21.6 Å². The van der Waals surface area contributed by atoms with Gasteiger partial charge in [-0.15, -0.1) is 11.3 Å². The number of thiazole rings is 1. The molecule has 9 heteroatoms. The van der Waals surface area contributed by atoms with E-state index in [-0.39, 0.29) is 18.1 Å². The van der Waals surface area contributed by atoms with Crippen LogP contribution in [-0.2, 0) is 26.5 Å². The van der Waals surface area contributed by atoms with Gasteiger partial charge in [-0.05, 0) is 12.1 Å². The highest BCUT2D eigenvalue weighted by Crippen LogP contribution is 2.31. The predicted molar refractivity (Wildman–Crippen MR) is 81.9 cm³/mol. The molecule has 0 spiro atoms. The van der Waals surface area contributed by atoms with Crippen LogP contribution >= 0.6 is 11.3 Å². The molecule has 2 rings (SSSR count). The third-order valence-corrected chi connectivity index (χ3v) is 5.44. The van der Waals surface area contributed by atoms with Crippen LogP contribution in [0.1, 0.15) is 11.3 Å². The van der Waals surface area contributed by atoms with E-state index in [1.807, 2.05) is 0 Å². The fraction of sp³-hybridized carbons (Fsp3) is 0.357. The average Bonchev–Trinajstić information content (AvgIpc) is 2.92. The number of sulfone groups is 1. The van der Waals surface area contributed by atoms with Gasteiger partial charge in [0.15, 0.2) is 9.84 Å². The maximum absolute atomic E-state index is 12.5. The first kappa shape index (κ1) is 17.9. The van der Waals surface area contributed by atoms with Crippen LogP contribution in [0.4, 0.5) is 13.2 Å². The predicted octanol–water partition coefficient (Wildman–Crippen LogP) is 3.39. The molecule has 1 heterocycles. The fourth-order valence-corrected chi connectivity index (χ4v) is 3.91. The lowest BCUT2D eigenvalue weighted by molar-refractivity contribution is -0.137. The molecule has 0 aliphatic heterocycles. The van der Waals surface area contributed by atoms with Gasteiger partial charge in [-0.1, -0.05) is 12.1 Å². The number of nitrogens with zero attached hydrogens (tertiary/aromatic N) is 1. The van der Waals surface area contributed by atoms with E-state index in [4.69, 9.17) is 4.74 Å². The van der Waals surface area contributed by atoms with E-state index in [0.717, 1.165) is 12.1 Å². The highest BCUT2D eigenvalue weighted by molar-refractivity contribution is 7.90. The van der Waals surface area contributed by atoms with Crippen LogP contribution in [0.15, 0.2) is 29.6 Å². The molecule has 4 nitrogen and oxygen atoms in total. The Balaban J connectivity index is 2.13. The van der Waals surface area contributed by atoms with Crippen molar-refractivity contribution < 1.29 is 26.3 Å². The molecular weight excluding hydrogens is 351 g/mol. The molecule has 0 unspecified atom stereocenters. The highest BCUT2D eigenvalue weighted by Gasteiger charge is 2.30. The molecule has 0 saturated carbocycles. The lowest BCUT2D eigenvalue weighted by Gasteiger charge is -2.06. The van der Waals surface area contributed by atoms with Crippen molar-refractivity contribution in [3.8, 4) is 10.6 Å². The summed E-state index contributed by atoms with van der Waals surface area (Å²) in [4.78, 5) is 4.18. The fourth-order valence-electron chi connectivity index (χ4n) is 1.82. The monoisotopic (exact) mass is 365 g/mol. The Kier molecular flexibility index (Phi) is 5.43. The van der Waals surface area contributed by atoms with Crippen LogP contribution in [-0.4, -0.2) is 32.9 Å². The van der Waals surface area contributed by atoms with Crippen LogP contribution in [0.3, 0.4) is 0 Å². The van der Waals surface area contributed by atoms with E-state index >= 15 is 0 Å². The summed E-state index contributed by atoms with van der Waals surface area (Å²) in [5, 5.41) is 2.08. The zero-order valence-electron chi connectivity index (χ0n) is 12.1. The summed E-state index contributed by atoms with van der Waals surface area (Å²) in [7, 11) is -1.90. The quantitative estimate of drug-likeness (QED) is 0.787. The van der Waals surface area contributed by atoms with E-state index in [0.29, 0.717) is 16.3 Å². The molecule has 1 aromatic carbocycles. The smallest absolute Gasteiger partial charge is 0.384 e. The molecule has 2 aromatic rings. The number of rotatable bonds is 6. The van der Waals surface area contributed by atoms with Gasteiger partial charge in [-0.25, -0.2) is 13.4 Å². The van der Waals surface area contributed by atoms with Gasteiger partial charge in [0.1, 0.15) is 5.01 Å². The van der Waals surface area contributed by atoms with Crippen LogP contribution in [0.5, 0.6) is 0 Å². The first-order valence-electron chi connectivity index (χ1n) is 6.53. The van der Waals surface area contributed by atoms with Gasteiger partial charge in [-0.2, -0.15) is 13.2 Å². The summed E-state index contributed by atoms with van der Waals surface area (Å²) in [6.07, 6.45) is -4.39. The van der Waals surface area contributed by atoms with Crippen LogP contribution in [0, 0.1) is 0 Å². The zero-order chi connectivity index (χ0) is 17.1. The van der Waals surface area contributed by atoms with Gasteiger partial charge < -0.3 is 4.74 Å². The molecule has 0 radical (unpaired) electrons. The average molecular weight is 365 g/mol. The van der Waals surface area contributed by atoms with Gasteiger partial charge in [0, 0.05) is 18.1 Å². The van der Waals surface area contributed by atoms with Gasteiger partial charge in [0.25, 0.3) is 0 Å². The number of ether oxygens (including phenoxy) is 1. The van der Waals surface area contributed by atoms with Crippen LogP contribution < -0.4 is 0 Å². The summed E-state index contributed by atoms with van der Waals surface area (Å²) < 4.78 is 65.9. The number of alkyl halides is 3. The molecule has 0 aliphatic carbocycles. The second-order valence-corrected chi connectivity index (χ2v) is 7.85. The van der Waals surface area contributed by atoms with Crippen molar-refractivity contribution in [2.24, 2.45) is 0 Å². The van der Waals surface area contributed by atoms with Crippen molar-refractivity contribution in [3.63, 3.8) is 0 Å². The molecule has 0 N–H and O–H groups in total. The Hall–Kier alpha value is -1.45. The number of methoxy groups -OCH3 is 1. The molecule has 0 atom stereocenters. The third kappa shape index (κ3) is 5.02. The zero-order valence-corrected chi connectivity index (χ0v) is 13.8. The molecule has 0 aliphatic rings. The van der Waals surface area contributed by atoms with Crippen LogP contribution in [0.2, 0.25) is 0 Å². The number of benzene rings is 1. The minimum atomic E-state index is -4.39. The normalized spacial score (nSPS) is 12.5. The first-order valence-corrected chi connectivity index (χ1v) is 9.23. The summed E-state index contributed by atoms with van der Waals surface area (Å²) >= 11 is 1.19. The second kappa shape index (κ2) is 6.98. The van der Waals surface area contributed by atoms with E-state index in [1.165, 1.54) is 30.6 Å². The minimum absolute atomic E-state index is 0.101. The van der Waals surface area contributed by atoms with Crippen molar-refractivity contribution in [2.75, 3.05) is 19.5 Å². The molecule has 0 saturated heterocycles. The molecule has 0 amide bonds. The summed E-state index contributed by atoms with van der Waals surface area (Å²) in [6, 6.07) is 4.60. The largest absolute Gasteiger partial charge is 0.416 e. The third-order valence-electron chi connectivity index (χ3n) is 2.98. The Labute approximate surface area is 135 Å². The van der Waals surface area contributed by atoms with Gasteiger partial charge >= 0.3 is 6.18 Å². The Morgan fingerprint density at radius 3 is 2.43 bits per heavy atom. The molecule has 23 heavy (non-hydrogen) atoms. The Bertz CT molecular complexity index is 752. The van der Waals surface area contributed by atoms with Crippen molar-refractivity contribution in [2.45, 2.75) is 11.9 Å². The molecular formula is C14H14F3NO3S2. The van der Waals surface area contributed by atoms with Crippen molar-refractivity contribution in [1.29, 1.82) is 0 Å². The van der Waals surface area contributed by atoms with E-state index in [1.54, 1.807) is 5.38 Å². The summed E-state index contributed by atoms with van der Waals surface area (Å²) in [6.45, 7) is 0.109.